The molecule has 1 atom stereocenters. The van der Waals surface area contributed by atoms with Gasteiger partial charge in [-0.1, -0.05) is 6.92 Å². The van der Waals surface area contributed by atoms with Crippen LogP contribution in [0.15, 0.2) is 36.5 Å². The second-order valence-electron chi connectivity index (χ2n) is 4.67. The first-order valence-electron chi connectivity index (χ1n) is 6.40. The third-order valence-corrected chi connectivity index (χ3v) is 2.93. The number of carbonyl (C=O) groups excluding carboxylic acids is 1. The van der Waals surface area contributed by atoms with E-state index in [1.165, 1.54) is 16.8 Å². The Hall–Kier alpha value is -1.92. The van der Waals surface area contributed by atoms with Crippen LogP contribution in [0.25, 0.3) is 5.69 Å². The van der Waals surface area contributed by atoms with Crippen LogP contribution in [0.3, 0.4) is 0 Å². The van der Waals surface area contributed by atoms with Crippen LogP contribution in [-0.2, 0) is 0 Å². The zero-order chi connectivity index (χ0) is 14.5. The largest absolute Gasteiger partial charge is 0.350 e. The van der Waals surface area contributed by atoms with Gasteiger partial charge in [-0.05, 0) is 42.8 Å². The third kappa shape index (κ3) is 4.54. The molecule has 1 unspecified atom stereocenters. The smallest absolute Gasteiger partial charge is 0.271 e. The minimum absolute atomic E-state index is 0. The van der Waals surface area contributed by atoms with Crippen molar-refractivity contribution < 1.29 is 9.18 Å². The maximum atomic E-state index is 12.8. The Morgan fingerprint density at radius 2 is 2.05 bits per heavy atom. The lowest BCUT2D eigenvalue weighted by Gasteiger charge is -2.08. The molecule has 0 aliphatic heterocycles. The summed E-state index contributed by atoms with van der Waals surface area (Å²) in [4.78, 5) is 11.9. The van der Waals surface area contributed by atoms with Gasteiger partial charge in [0.15, 0.2) is 5.69 Å². The average molecular weight is 313 g/mol. The van der Waals surface area contributed by atoms with Crippen molar-refractivity contribution in [2.24, 2.45) is 11.7 Å². The molecule has 0 saturated carbocycles. The third-order valence-electron chi connectivity index (χ3n) is 2.93. The Bertz CT molecular complexity index is 585. The van der Waals surface area contributed by atoms with Crippen molar-refractivity contribution in [3.05, 3.63) is 48.0 Å². The molecule has 0 spiro atoms. The van der Waals surface area contributed by atoms with E-state index in [9.17, 15) is 9.18 Å². The summed E-state index contributed by atoms with van der Waals surface area (Å²) < 4.78 is 14.4. The molecular weight excluding hydrogens is 295 g/mol. The van der Waals surface area contributed by atoms with Gasteiger partial charge in [0.05, 0.1) is 5.69 Å². The van der Waals surface area contributed by atoms with E-state index in [4.69, 9.17) is 5.73 Å². The lowest BCUT2D eigenvalue weighted by molar-refractivity contribution is 0.0943. The van der Waals surface area contributed by atoms with E-state index < -0.39 is 0 Å². The van der Waals surface area contributed by atoms with E-state index in [-0.39, 0.29) is 30.0 Å². The van der Waals surface area contributed by atoms with Gasteiger partial charge in [-0.2, -0.15) is 5.10 Å². The highest BCUT2D eigenvalue weighted by molar-refractivity contribution is 5.92. The Kier molecular flexibility index (Phi) is 6.33. The topological polar surface area (TPSA) is 72.9 Å². The first kappa shape index (κ1) is 17.1. The van der Waals surface area contributed by atoms with Crippen LogP contribution in [0.5, 0.6) is 0 Å². The van der Waals surface area contributed by atoms with Crippen molar-refractivity contribution in [1.29, 1.82) is 0 Å². The number of halogens is 2. The van der Waals surface area contributed by atoms with Gasteiger partial charge in [-0.25, -0.2) is 9.07 Å². The van der Waals surface area contributed by atoms with Crippen molar-refractivity contribution in [2.75, 3.05) is 13.1 Å². The highest BCUT2D eigenvalue weighted by atomic mass is 35.5. The first-order valence-corrected chi connectivity index (χ1v) is 6.40. The Balaban J connectivity index is 0.00000220. The van der Waals surface area contributed by atoms with Crippen molar-refractivity contribution in [2.45, 2.75) is 6.92 Å². The van der Waals surface area contributed by atoms with Gasteiger partial charge in [0.2, 0.25) is 0 Å². The molecule has 0 saturated heterocycles. The van der Waals surface area contributed by atoms with Crippen molar-refractivity contribution in [1.82, 2.24) is 15.1 Å². The number of hydrogen-bond acceptors (Lipinski definition) is 3. The van der Waals surface area contributed by atoms with Crippen LogP contribution >= 0.6 is 12.4 Å². The number of rotatable bonds is 5. The summed E-state index contributed by atoms with van der Waals surface area (Å²) in [5.41, 5.74) is 6.50. The fourth-order valence-electron chi connectivity index (χ4n) is 1.62. The molecule has 21 heavy (non-hydrogen) atoms. The number of amides is 1. The van der Waals surface area contributed by atoms with Gasteiger partial charge in [-0.3, -0.25) is 4.79 Å². The number of nitrogens with one attached hydrogen (secondary N) is 1. The molecule has 7 heteroatoms. The molecule has 5 nitrogen and oxygen atoms in total. The molecule has 1 amide bonds. The maximum absolute atomic E-state index is 12.8. The molecule has 0 fully saturated rings. The van der Waals surface area contributed by atoms with Crippen molar-refractivity contribution in [3.8, 4) is 5.69 Å². The van der Waals surface area contributed by atoms with Gasteiger partial charge in [0.1, 0.15) is 5.82 Å². The molecule has 1 aromatic carbocycles. The maximum Gasteiger partial charge on any atom is 0.271 e. The zero-order valence-corrected chi connectivity index (χ0v) is 12.4. The lowest BCUT2D eigenvalue weighted by atomic mass is 10.2. The summed E-state index contributed by atoms with van der Waals surface area (Å²) in [5, 5.41) is 6.93. The van der Waals surface area contributed by atoms with Crippen molar-refractivity contribution in [3.63, 3.8) is 0 Å². The summed E-state index contributed by atoms with van der Waals surface area (Å²) in [7, 11) is 0. The standard InChI is InChI=1S/C14H17FN4O.ClH/c1-10(8-16)9-17-14(20)13-6-7-19(18-13)12-4-2-11(15)3-5-12;/h2-7,10H,8-9,16H2,1H3,(H,17,20);1H. The molecule has 0 aliphatic rings. The van der Waals surface area contributed by atoms with E-state index >= 15 is 0 Å². The highest BCUT2D eigenvalue weighted by Gasteiger charge is 2.11. The number of benzene rings is 1. The van der Waals surface area contributed by atoms with Gasteiger partial charge in [0.25, 0.3) is 5.91 Å². The molecule has 3 N–H and O–H groups in total. The highest BCUT2D eigenvalue weighted by Crippen LogP contribution is 2.09. The Morgan fingerprint density at radius 1 is 1.38 bits per heavy atom. The molecule has 2 rings (SSSR count). The number of carbonyl (C=O) groups is 1. The van der Waals surface area contributed by atoms with Crippen molar-refractivity contribution >= 4 is 18.3 Å². The summed E-state index contributed by atoms with van der Waals surface area (Å²) >= 11 is 0. The van der Waals surface area contributed by atoms with Gasteiger partial charge in [0, 0.05) is 12.7 Å². The summed E-state index contributed by atoms with van der Waals surface area (Å²) in [6.45, 7) is 2.99. The van der Waals surface area contributed by atoms with E-state index in [0.717, 1.165) is 0 Å². The molecule has 0 bridgehead atoms. The Labute approximate surface area is 128 Å². The number of hydrogen-bond donors (Lipinski definition) is 2. The quantitative estimate of drug-likeness (QED) is 0.883. The SMILES string of the molecule is CC(CN)CNC(=O)c1ccn(-c2ccc(F)cc2)n1.Cl. The Morgan fingerprint density at radius 3 is 2.67 bits per heavy atom. The predicted molar refractivity (Wildman–Crippen MR) is 81.3 cm³/mol. The van der Waals surface area contributed by atoms with Gasteiger partial charge in [-0.15, -0.1) is 12.4 Å². The molecule has 0 radical (unpaired) electrons. The molecule has 1 aromatic heterocycles. The summed E-state index contributed by atoms with van der Waals surface area (Å²) in [6, 6.07) is 7.51. The summed E-state index contributed by atoms with van der Waals surface area (Å²) in [6.07, 6.45) is 1.66. The second kappa shape index (κ2) is 7.75. The number of nitrogens with two attached hydrogens (primary N) is 1. The van der Waals surface area contributed by atoms with E-state index in [2.05, 4.69) is 10.4 Å². The van der Waals surface area contributed by atoms with Gasteiger partial charge >= 0.3 is 0 Å². The number of nitrogens with zero attached hydrogens (tertiary/aromatic N) is 2. The fraction of sp³-hybridized carbons (Fsp3) is 0.286. The van der Waals surface area contributed by atoms with Gasteiger partial charge < -0.3 is 11.1 Å². The normalized spacial score (nSPS) is 11.6. The molecule has 2 aromatic rings. The molecule has 1 heterocycles. The van der Waals surface area contributed by atoms with Crippen LogP contribution in [-0.4, -0.2) is 28.8 Å². The van der Waals surface area contributed by atoms with Crippen LogP contribution < -0.4 is 11.1 Å². The zero-order valence-electron chi connectivity index (χ0n) is 11.6. The summed E-state index contributed by atoms with van der Waals surface area (Å²) in [5.74, 6) is -0.334. The fourth-order valence-corrected chi connectivity index (χ4v) is 1.62. The molecular formula is C14H18ClFN4O. The second-order valence-corrected chi connectivity index (χ2v) is 4.67. The minimum Gasteiger partial charge on any atom is -0.350 e. The van der Waals surface area contributed by atoms with Crippen LogP contribution in [0.1, 0.15) is 17.4 Å². The van der Waals surface area contributed by atoms with E-state index in [1.807, 2.05) is 6.92 Å². The van der Waals surface area contributed by atoms with Crippen LogP contribution in [0.2, 0.25) is 0 Å². The first-order chi connectivity index (χ1) is 9.60. The van der Waals surface area contributed by atoms with E-state index in [0.29, 0.717) is 24.5 Å². The molecule has 114 valence electrons. The predicted octanol–water partition coefficient (Wildman–Crippen LogP) is 1.76. The van der Waals surface area contributed by atoms with Crippen LogP contribution in [0.4, 0.5) is 4.39 Å². The number of aromatic nitrogens is 2. The van der Waals surface area contributed by atoms with E-state index in [1.54, 1.807) is 24.4 Å². The minimum atomic E-state index is -0.311. The van der Waals surface area contributed by atoms with Crippen LogP contribution in [0, 0.1) is 11.7 Å². The lowest BCUT2D eigenvalue weighted by Crippen LogP contribution is -2.31. The average Bonchev–Trinajstić information content (AvgIpc) is 2.95. The monoisotopic (exact) mass is 312 g/mol. The molecule has 0 aliphatic carbocycles.